The maximum absolute atomic E-state index is 5.78. The minimum absolute atomic E-state index is 0.778. The number of benzene rings is 4. The second-order valence-corrected chi connectivity index (χ2v) is 6.72. The molecule has 1 aliphatic carbocycles. The average molecular weight is 346 g/mol. The van der Waals surface area contributed by atoms with Gasteiger partial charge in [-0.15, -0.1) is 0 Å². The SMILES string of the molecule is Nc1ccc(-c2ccc(N=C3c4ccccc4-c4ccccc43)cc2)cc1. The van der Waals surface area contributed by atoms with Crippen molar-refractivity contribution in [1.29, 1.82) is 0 Å². The smallest absolute Gasteiger partial charge is 0.0794 e. The molecule has 4 aromatic rings. The molecule has 0 heterocycles. The lowest BCUT2D eigenvalue weighted by molar-refractivity contribution is 1.50. The van der Waals surface area contributed by atoms with Crippen molar-refractivity contribution in [1.82, 2.24) is 0 Å². The van der Waals surface area contributed by atoms with Crippen LogP contribution in [0.5, 0.6) is 0 Å². The molecule has 0 saturated heterocycles. The van der Waals surface area contributed by atoms with Gasteiger partial charge in [-0.3, -0.25) is 0 Å². The standard InChI is InChI=1S/C25H18N2/c26-19-13-9-17(10-14-19)18-11-15-20(16-12-18)27-25-23-7-3-1-5-21(23)22-6-2-4-8-24(22)25/h1-16H,26H2. The summed E-state index contributed by atoms with van der Waals surface area (Å²) in [6, 6.07) is 33.2. The maximum atomic E-state index is 5.78. The zero-order valence-electron chi connectivity index (χ0n) is 14.8. The molecule has 2 nitrogen and oxygen atoms in total. The van der Waals surface area contributed by atoms with E-state index in [4.69, 9.17) is 10.7 Å². The second-order valence-electron chi connectivity index (χ2n) is 6.72. The molecule has 0 amide bonds. The fraction of sp³-hybridized carbons (Fsp3) is 0. The van der Waals surface area contributed by atoms with Gasteiger partial charge in [0, 0.05) is 16.8 Å². The molecule has 0 fully saturated rings. The summed E-state index contributed by atoms with van der Waals surface area (Å²) in [6.07, 6.45) is 0. The first-order valence-corrected chi connectivity index (χ1v) is 9.03. The fourth-order valence-corrected chi connectivity index (χ4v) is 3.65. The van der Waals surface area contributed by atoms with Crippen molar-refractivity contribution in [2.24, 2.45) is 4.99 Å². The van der Waals surface area contributed by atoms with E-state index in [2.05, 4.69) is 72.8 Å². The van der Waals surface area contributed by atoms with Crippen LogP contribution in [0.25, 0.3) is 22.3 Å². The largest absolute Gasteiger partial charge is 0.399 e. The quantitative estimate of drug-likeness (QED) is 0.386. The Bertz CT molecular complexity index is 1110. The lowest BCUT2D eigenvalue weighted by atomic mass is 10.0. The molecule has 0 bridgehead atoms. The minimum Gasteiger partial charge on any atom is -0.399 e. The Hall–Kier alpha value is -3.65. The summed E-state index contributed by atoms with van der Waals surface area (Å²) in [5.41, 5.74) is 15.8. The summed E-state index contributed by atoms with van der Waals surface area (Å²) in [5, 5.41) is 0. The van der Waals surface area contributed by atoms with E-state index in [1.807, 2.05) is 24.3 Å². The van der Waals surface area contributed by atoms with E-state index in [0.29, 0.717) is 0 Å². The molecule has 0 unspecified atom stereocenters. The van der Waals surface area contributed by atoms with Gasteiger partial charge in [-0.25, -0.2) is 4.99 Å². The Labute approximate surface area is 158 Å². The number of anilines is 1. The molecule has 0 saturated carbocycles. The maximum Gasteiger partial charge on any atom is 0.0794 e. The number of fused-ring (bicyclic) bond motifs is 3. The first-order valence-electron chi connectivity index (χ1n) is 9.03. The van der Waals surface area contributed by atoms with Gasteiger partial charge in [0.1, 0.15) is 0 Å². The van der Waals surface area contributed by atoms with E-state index in [-0.39, 0.29) is 0 Å². The number of hydrogen-bond acceptors (Lipinski definition) is 2. The Morgan fingerprint density at radius 3 is 1.44 bits per heavy atom. The highest BCUT2D eigenvalue weighted by Gasteiger charge is 2.23. The van der Waals surface area contributed by atoms with Gasteiger partial charge in [0.25, 0.3) is 0 Å². The normalized spacial score (nSPS) is 11.8. The van der Waals surface area contributed by atoms with Gasteiger partial charge in [-0.2, -0.15) is 0 Å². The van der Waals surface area contributed by atoms with E-state index >= 15 is 0 Å². The lowest BCUT2D eigenvalue weighted by Gasteiger charge is -2.05. The van der Waals surface area contributed by atoms with E-state index in [0.717, 1.165) is 28.2 Å². The van der Waals surface area contributed by atoms with Gasteiger partial charge in [0.05, 0.1) is 11.4 Å². The highest BCUT2D eigenvalue weighted by molar-refractivity contribution is 6.25. The van der Waals surface area contributed by atoms with Gasteiger partial charge in [0.15, 0.2) is 0 Å². The summed E-state index contributed by atoms with van der Waals surface area (Å²) in [7, 11) is 0. The van der Waals surface area contributed by atoms with Crippen molar-refractivity contribution in [3.05, 3.63) is 108 Å². The van der Waals surface area contributed by atoms with Crippen LogP contribution in [0.1, 0.15) is 11.1 Å². The number of nitrogen functional groups attached to an aromatic ring is 1. The van der Waals surface area contributed by atoms with Crippen molar-refractivity contribution in [3.8, 4) is 22.3 Å². The number of aliphatic imine (C=N–C) groups is 1. The number of hydrogen-bond donors (Lipinski definition) is 1. The Morgan fingerprint density at radius 1 is 0.481 bits per heavy atom. The zero-order chi connectivity index (χ0) is 18.2. The highest BCUT2D eigenvalue weighted by atomic mass is 14.8. The molecule has 4 aromatic carbocycles. The van der Waals surface area contributed by atoms with Crippen LogP contribution in [-0.2, 0) is 0 Å². The van der Waals surface area contributed by atoms with Gasteiger partial charge in [0.2, 0.25) is 0 Å². The average Bonchev–Trinajstić information content (AvgIpc) is 3.04. The van der Waals surface area contributed by atoms with E-state index < -0.39 is 0 Å². The van der Waals surface area contributed by atoms with Crippen molar-refractivity contribution >= 4 is 17.1 Å². The fourth-order valence-electron chi connectivity index (χ4n) is 3.65. The first kappa shape index (κ1) is 15.6. The summed E-state index contributed by atoms with van der Waals surface area (Å²) in [6.45, 7) is 0. The molecule has 27 heavy (non-hydrogen) atoms. The highest BCUT2D eigenvalue weighted by Crippen LogP contribution is 2.37. The van der Waals surface area contributed by atoms with Gasteiger partial charge in [-0.1, -0.05) is 72.8 Å². The third-order valence-corrected chi connectivity index (χ3v) is 5.01. The number of nitrogens with zero attached hydrogens (tertiary/aromatic N) is 1. The zero-order valence-corrected chi connectivity index (χ0v) is 14.8. The molecule has 0 atom stereocenters. The first-order chi connectivity index (χ1) is 13.3. The monoisotopic (exact) mass is 346 g/mol. The van der Waals surface area contributed by atoms with Crippen LogP contribution < -0.4 is 5.73 Å². The summed E-state index contributed by atoms with van der Waals surface area (Å²) < 4.78 is 0. The third kappa shape index (κ3) is 2.72. The van der Waals surface area contributed by atoms with Crippen LogP contribution in [0.15, 0.2) is 102 Å². The number of nitrogens with two attached hydrogens (primary N) is 1. The molecule has 0 spiro atoms. The van der Waals surface area contributed by atoms with Crippen molar-refractivity contribution in [2.45, 2.75) is 0 Å². The van der Waals surface area contributed by atoms with Crippen LogP contribution in [0, 0.1) is 0 Å². The van der Waals surface area contributed by atoms with Crippen LogP contribution >= 0.6 is 0 Å². The van der Waals surface area contributed by atoms with Crippen LogP contribution in [0.3, 0.4) is 0 Å². The molecule has 2 heteroatoms. The van der Waals surface area contributed by atoms with Gasteiger partial charge >= 0.3 is 0 Å². The van der Waals surface area contributed by atoms with Crippen LogP contribution in [0.2, 0.25) is 0 Å². The van der Waals surface area contributed by atoms with E-state index in [9.17, 15) is 0 Å². The van der Waals surface area contributed by atoms with Gasteiger partial charge in [-0.05, 0) is 46.5 Å². The molecule has 128 valence electrons. The molecule has 5 rings (SSSR count). The van der Waals surface area contributed by atoms with Crippen molar-refractivity contribution in [3.63, 3.8) is 0 Å². The summed E-state index contributed by atoms with van der Waals surface area (Å²) >= 11 is 0. The molecule has 0 aromatic heterocycles. The Kier molecular flexibility index (Phi) is 3.61. The number of rotatable bonds is 2. The minimum atomic E-state index is 0.778. The topological polar surface area (TPSA) is 38.4 Å². The Morgan fingerprint density at radius 2 is 0.926 bits per heavy atom. The molecular formula is C25H18N2. The predicted octanol–water partition coefficient (Wildman–Crippen LogP) is 6.09. The Balaban J connectivity index is 1.56. The van der Waals surface area contributed by atoms with E-state index in [1.54, 1.807) is 0 Å². The molecule has 0 radical (unpaired) electrons. The second kappa shape index (κ2) is 6.26. The molecule has 1 aliphatic rings. The van der Waals surface area contributed by atoms with Gasteiger partial charge < -0.3 is 5.73 Å². The predicted molar refractivity (Wildman–Crippen MR) is 113 cm³/mol. The summed E-state index contributed by atoms with van der Waals surface area (Å²) in [4.78, 5) is 4.99. The lowest BCUT2D eigenvalue weighted by Crippen LogP contribution is -1.97. The van der Waals surface area contributed by atoms with Crippen molar-refractivity contribution < 1.29 is 0 Å². The van der Waals surface area contributed by atoms with E-state index in [1.165, 1.54) is 22.3 Å². The summed E-state index contributed by atoms with van der Waals surface area (Å²) in [5.74, 6) is 0. The molecule has 0 aliphatic heterocycles. The van der Waals surface area contributed by atoms with Crippen LogP contribution in [0.4, 0.5) is 11.4 Å². The molecule has 2 N–H and O–H groups in total. The van der Waals surface area contributed by atoms with Crippen LogP contribution in [-0.4, -0.2) is 5.71 Å². The molecular weight excluding hydrogens is 328 g/mol. The van der Waals surface area contributed by atoms with Crippen molar-refractivity contribution in [2.75, 3.05) is 5.73 Å². The third-order valence-electron chi connectivity index (χ3n) is 5.01.